The summed E-state index contributed by atoms with van der Waals surface area (Å²) in [4.78, 5) is 44.6. The van der Waals surface area contributed by atoms with E-state index in [2.05, 4.69) is 13.8 Å². The van der Waals surface area contributed by atoms with Gasteiger partial charge in [0, 0.05) is 25.8 Å². The van der Waals surface area contributed by atoms with Gasteiger partial charge in [-0.05, 0) is 75.3 Å². The molecule has 65 heavy (non-hydrogen) atoms. The van der Waals surface area contributed by atoms with Crippen LogP contribution in [0.1, 0.15) is 219 Å². The SMILES string of the molecule is CCCCCCCCC(OC(C)=O)C(CCCCCCCC(=O)[O-])OCc1ccccc1.CCCCCCCCC(OC(C)=O)C(CCCCCCCC(=O)[O-])OCc1ccccc1.[Ba+2]. The monoisotopic (exact) mass is 1030 g/mol. The Morgan fingerprint density at radius 1 is 0.415 bits per heavy atom. The summed E-state index contributed by atoms with van der Waals surface area (Å²) in [5.41, 5.74) is 2.22. The standard InChI is InChI=1S/2C27H44O5.Ba/c2*1-3-4-5-6-8-15-20-26(32-23(2)28)25(31-22-24-17-12-11-13-18-24)19-14-9-7-10-16-21-27(29)30;/h2*11-13,17-18,25-26H,3-10,14-16,19-22H2,1-2H3,(H,29,30);/q;;+2/p-2. The van der Waals surface area contributed by atoms with Gasteiger partial charge in [-0.3, -0.25) is 9.59 Å². The third-order valence-electron chi connectivity index (χ3n) is 11.5. The van der Waals surface area contributed by atoms with Crippen molar-refractivity contribution in [2.45, 2.75) is 245 Å². The number of aliphatic carboxylic acids is 2. The van der Waals surface area contributed by atoms with Crippen molar-refractivity contribution in [3.05, 3.63) is 71.8 Å². The van der Waals surface area contributed by atoms with Crippen molar-refractivity contribution >= 4 is 72.8 Å². The Morgan fingerprint density at radius 3 is 0.985 bits per heavy atom. The fourth-order valence-electron chi connectivity index (χ4n) is 7.92. The van der Waals surface area contributed by atoms with Crippen LogP contribution in [0.15, 0.2) is 60.7 Å². The minimum atomic E-state index is -0.974. The van der Waals surface area contributed by atoms with Crippen LogP contribution in [0, 0.1) is 0 Å². The molecule has 2 aromatic rings. The average molecular weight is 1030 g/mol. The summed E-state index contributed by atoms with van der Waals surface area (Å²) in [6.45, 7) is 8.39. The Labute approximate surface area is 434 Å². The quantitative estimate of drug-likeness (QED) is 0.0358. The van der Waals surface area contributed by atoms with E-state index in [-0.39, 0.29) is 98.1 Å². The molecule has 4 unspecified atom stereocenters. The van der Waals surface area contributed by atoms with Gasteiger partial charge in [-0.1, -0.05) is 190 Å². The number of carboxylic acids is 2. The molecule has 0 spiro atoms. The van der Waals surface area contributed by atoms with E-state index in [0.29, 0.717) is 26.1 Å². The van der Waals surface area contributed by atoms with E-state index < -0.39 is 11.9 Å². The van der Waals surface area contributed by atoms with Crippen molar-refractivity contribution in [1.82, 2.24) is 0 Å². The maximum atomic E-state index is 11.8. The zero-order valence-corrected chi connectivity index (χ0v) is 45.5. The van der Waals surface area contributed by atoms with Gasteiger partial charge in [-0.15, -0.1) is 0 Å². The van der Waals surface area contributed by atoms with E-state index in [1.54, 1.807) is 0 Å². The number of rotatable bonds is 40. The number of ether oxygens (including phenoxy) is 4. The zero-order valence-electron chi connectivity index (χ0n) is 41.1. The number of hydrogen-bond acceptors (Lipinski definition) is 10. The van der Waals surface area contributed by atoms with Crippen LogP contribution in [0.5, 0.6) is 0 Å². The predicted octanol–water partition coefficient (Wildman–Crippen LogP) is 11.1. The van der Waals surface area contributed by atoms with E-state index in [4.69, 9.17) is 18.9 Å². The van der Waals surface area contributed by atoms with Crippen molar-refractivity contribution in [2.75, 3.05) is 0 Å². The summed E-state index contributed by atoms with van der Waals surface area (Å²) in [6, 6.07) is 20.2. The summed E-state index contributed by atoms with van der Waals surface area (Å²) in [5, 5.41) is 21.0. The molecule has 0 bridgehead atoms. The van der Waals surface area contributed by atoms with Crippen LogP contribution >= 0.6 is 0 Å². The molecule has 364 valence electrons. The molecule has 10 nitrogen and oxygen atoms in total. The second-order valence-corrected chi connectivity index (χ2v) is 17.4. The van der Waals surface area contributed by atoms with Gasteiger partial charge in [-0.2, -0.15) is 0 Å². The van der Waals surface area contributed by atoms with Crippen LogP contribution in [-0.4, -0.2) is 97.2 Å². The fraction of sp³-hybridized carbons (Fsp3) is 0.704. The molecule has 0 amide bonds. The summed E-state index contributed by atoms with van der Waals surface area (Å²) in [7, 11) is 0. The third-order valence-corrected chi connectivity index (χ3v) is 11.5. The molecule has 0 aliphatic carbocycles. The number of carbonyl (C=O) groups excluding carboxylic acids is 4. The number of carboxylic acid groups (broad SMARTS) is 2. The van der Waals surface area contributed by atoms with E-state index in [1.165, 1.54) is 65.2 Å². The third kappa shape index (κ3) is 38.5. The molecule has 0 fully saturated rings. The number of benzene rings is 2. The van der Waals surface area contributed by atoms with Gasteiger partial charge in [0.25, 0.3) is 0 Å². The van der Waals surface area contributed by atoms with Crippen molar-refractivity contribution < 1.29 is 48.3 Å². The van der Waals surface area contributed by atoms with Gasteiger partial charge in [0.15, 0.2) is 0 Å². The van der Waals surface area contributed by atoms with Crippen LogP contribution in [0.4, 0.5) is 0 Å². The molecule has 2 aromatic carbocycles. The molecular formula is C54H86BaO10. The average Bonchev–Trinajstić information content (AvgIpc) is 3.27. The molecule has 11 heteroatoms. The van der Waals surface area contributed by atoms with Crippen LogP contribution in [0.2, 0.25) is 0 Å². The molecule has 0 aliphatic heterocycles. The number of esters is 2. The predicted molar refractivity (Wildman–Crippen MR) is 258 cm³/mol. The largest absolute Gasteiger partial charge is 2.00 e. The van der Waals surface area contributed by atoms with Crippen molar-refractivity contribution in [3.63, 3.8) is 0 Å². The molecule has 0 aromatic heterocycles. The Morgan fingerprint density at radius 2 is 0.692 bits per heavy atom. The number of hydrogen-bond donors (Lipinski definition) is 0. The smallest absolute Gasteiger partial charge is 0.550 e. The maximum absolute atomic E-state index is 11.8. The Hall–Kier alpha value is -2.19. The van der Waals surface area contributed by atoms with E-state index in [9.17, 15) is 29.4 Å². The summed E-state index contributed by atoms with van der Waals surface area (Å²) in [6.07, 6.45) is 26.4. The fourth-order valence-corrected chi connectivity index (χ4v) is 7.92. The van der Waals surface area contributed by atoms with Crippen molar-refractivity contribution in [2.24, 2.45) is 0 Å². The molecule has 0 saturated carbocycles. The molecule has 0 N–H and O–H groups in total. The van der Waals surface area contributed by atoms with Crippen LogP contribution in [-0.2, 0) is 51.3 Å². The first-order valence-electron chi connectivity index (χ1n) is 25.1. The minimum Gasteiger partial charge on any atom is -0.550 e. The second kappa shape index (κ2) is 44.3. The van der Waals surface area contributed by atoms with Gasteiger partial charge in [0.1, 0.15) is 12.2 Å². The molecule has 0 saturated heterocycles. The number of unbranched alkanes of at least 4 members (excludes halogenated alkanes) is 18. The molecule has 0 radical (unpaired) electrons. The van der Waals surface area contributed by atoms with Gasteiger partial charge in [-0.25, -0.2) is 0 Å². The normalized spacial score (nSPS) is 12.7. The Bertz CT molecular complexity index is 1320. The van der Waals surface area contributed by atoms with Crippen LogP contribution < -0.4 is 10.2 Å². The van der Waals surface area contributed by atoms with E-state index >= 15 is 0 Å². The molecule has 0 heterocycles. The first-order chi connectivity index (χ1) is 31.0. The van der Waals surface area contributed by atoms with E-state index in [1.807, 2.05) is 60.7 Å². The first kappa shape index (κ1) is 62.8. The molecule has 4 atom stereocenters. The van der Waals surface area contributed by atoms with Crippen LogP contribution in [0.3, 0.4) is 0 Å². The Balaban J connectivity index is 0.00000124. The van der Waals surface area contributed by atoms with Crippen molar-refractivity contribution in [1.29, 1.82) is 0 Å². The molecule has 2 rings (SSSR count). The first-order valence-corrected chi connectivity index (χ1v) is 25.1. The molecule has 0 aliphatic rings. The topological polar surface area (TPSA) is 151 Å². The van der Waals surface area contributed by atoms with Crippen molar-refractivity contribution in [3.8, 4) is 0 Å². The van der Waals surface area contributed by atoms with Gasteiger partial charge < -0.3 is 38.7 Å². The van der Waals surface area contributed by atoms with Gasteiger partial charge >= 0.3 is 60.8 Å². The zero-order chi connectivity index (χ0) is 46.9. The number of carbonyl (C=O) groups is 4. The van der Waals surface area contributed by atoms with E-state index in [0.717, 1.165) is 114 Å². The second-order valence-electron chi connectivity index (χ2n) is 17.4. The molecular weight excluding hydrogens is 946 g/mol. The summed E-state index contributed by atoms with van der Waals surface area (Å²) < 4.78 is 24.0. The Kier molecular flexibility index (Phi) is 42.8. The minimum absolute atomic E-state index is 0. The summed E-state index contributed by atoms with van der Waals surface area (Å²) in [5.74, 6) is -2.45. The van der Waals surface area contributed by atoms with Gasteiger partial charge in [0.2, 0.25) is 0 Å². The summed E-state index contributed by atoms with van der Waals surface area (Å²) >= 11 is 0. The van der Waals surface area contributed by atoms with Crippen LogP contribution in [0.25, 0.3) is 0 Å². The van der Waals surface area contributed by atoms with Gasteiger partial charge in [0.05, 0.1) is 25.4 Å². The maximum Gasteiger partial charge on any atom is 2.00 e.